The van der Waals surface area contributed by atoms with Gasteiger partial charge in [-0.1, -0.05) is 17.7 Å². The molecule has 0 bridgehead atoms. The van der Waals surface area contributed by atoms with E-state index < -0.39 is 10.8 Å². The summed E-state index contributed by atoms with van der Waals surface area (Å²) in [5, 5.41) is 0. The van der Waals surface area contributed by atoms with Crippen LogP contribution in [0, 0.1) is 6.92 Å². The molecule has 0 spiro atoms. The summed E-state index contributed by atoms with van der Waals surface area (Å²) in [7, 11) is 0.775. The number of anilines is 1. The number of halogens is 1. The summed E-state index contributed by atoms with van der Waals surface area (Å²) >= 11 is 7.57. The van der Waals surface area contributed by atoms with Crippen LogP contribution >= 0.6 is 22.9 Å². The zero-order valence-corrected chi connectivity index (χ0v) is 14.4. The normalized spacial score (nSPS) is 13.2. The molecule has 7 heteroatoms. The molecular weight excluding hydrogens is 326 g/mol. The fraction of sp³-hybridized carbons (Fsp3) is 0.214. The molecule has 0 amide bonds. The van der Waals surface area contributed by atoms with Crippen LogP contribution in [0.5, 0.6) is 0 Å². The maximum atomic E-state index is 11.5. The Morgan fingerprint density at radius 1 is 1.43 bits per heavy atom. The third kappa shape index (κ3) is 3.84. The molecule has 1 heterocycles. The number of thiophene rings is 1. The van der Waals surface area contributed by atoms with Crippen molar-refractivity contribution in [3.8, 4) is 0 Å². The highest BCUT2D eigenvalue weighted by atomic mass is 35.5. The van der Waals surface area contributed by atoms with Gasteiger partial charge >= 0.3 is 0 Å². The first-order valence-corrected chi connectivity index (χ1v) is 8.91. The Balaban J connectivity index is 2.30. The summed E-state index contributed by atoms with van der Waals surface area (Å²) in [6.45, 7) is 1.97. The molecule has 0 fully saturated rings. The van der Waals surface area contributed by atoms with Crippen molar-refractivity contribution in [3.63, 3.8) is 0 Å². The molecule has 0 saturated carbocycles. The highest BCUT2D eigenvalue weighted by Crippen LogP contribution is 2.34. The van der Waals surface area contributed by atoms with E-state index in [1.165, 1.54) is 11.3 Å². The molecule has 4 nitrogen and oxygen atoms in total. The summed E-state index contributed by atoms with van der Waals surface area (Å²) < 4.78 is 12.2. The summed E-state index contributed by atoms with van der Waals surface area (Å²) in [4.78, 5) is 7.92. The fourth-order valence-electron chi connectivity index (χ4n) is 1.75. The third-order valence-electron chi connectivity index (χ3n) is 2.91. The zero-order valence-electron chi connectivity index (χ0n) is 12.0. The van der Waals surface area contributed by atoms with Crippen molar-refractivity contribution in [2.45, 2.75) is 11.8 Å². The van der Waals surface area contributed by atoms with Crippen LogP contribution in [0.25, 0.3) is 0 Å². The molecule has 0 radical (unpaired) electrons. The van der Waals surface area contributed by atoms with Crippen molar-refractivity contribution >= 4 is 51.1 Å². The van der Waals surface area contributed by atoms with E-state index in [0.29, 0.717) is 16.0 Å². The predicted octanol–water partition coefficient (Wildman–Crippen LogP) is 3.53. The van der Waals surface area contributed by atoms with Gasteiger partial charge in [0.05, 0.1) is 5.69 Å². The van der Waals surface area contributed by atoms with Crippen LogP contribution in [0.2, 0.25) is 4.34 Å². The Labute approximate surface area is 135 Å². The molecule has 112 valence electrons. The first-order chi connectivity index (χ1) is 9.88. The second-order valence-corrected chi connectivity index (χ2v) is 7.73. The number of nitrogens with zero attached hydrogens (tertiary/aromatic N) is 2. The van der Waals surface area contributed by atoms with E-state index in [1.807, 2.05) is 44.3 Å². The van der Waals surface area contributed by atoms with Crippen LogP contribution in [-0.4, -0.2) is 23.5 Å². The summed E-state index contributed by atoms with van der Waals surface area (Å²) in [6, 6.07) is 9.28. The van der Waals surface area contributed by atoms with Crippen LogP contribution in [-0.2, 0) is 10.8 Å². The van der Waals surface area contributed by atoms with Crippen molar-refractivity contribution in [2.75, 3.05) is 18.2 Å². The van der Waals surface area contributed by atoms with Gasteiger partial charge in [0.25, 0.3) is 0 Å². The van der Waals surface area contributed by atoms with Gasteiger partial charge in [0.2, 0.25) is 5.96 Å². The number of nitrogens with two attached hydrogens (primary N) is 1. The minimum absolute atomic E-state index is 0.328. The number of hydrogen-bond donors (Lipinski definition) is 1. The largest absolute Gasteiger partial charge is 0.369 e. The molecule has 0 aliphatic rings. The first kappa shape index (κ1) is 16.0. The second-order valence-electron chi connectivity index (χ2n) is 4.50. The number of aliphatic imine (C=N–C) groups is 1. The molecule has 2 rings (SSSR count). The number of benzene rings is 1. The van der Waals surface area contributed by atoms with Gasteiger partial charge in [-0.25, -0.2) is 4.99 Å². The van der Waals surface area contributed by atoms with Crippen molar-refractivity contribution in [1.82, 2.24) is 0 Å². The van der Waals surface area contributed by atoms with Gasteiger partial charge in [-0.15, -0.1) is 11.3 Å². The topological polar surface area (TPSA) is 58.7 Å². The van der Waals surface area contributed by atoms with Gasteiger partial charge in [-0.2, -0.15) is 0 Å². The summed E-state index contributed by atoms with van der Waals surface area (Å²) in [5.41, 5.74) is 7.52. The fourth-order valence-corrected chi connectivity index (χ4v) is 3.43. The van der Waals surface area contributed by atoms with Gasteiger partial charge in [0.15, 0.2) is 0 Å². The van der Waals surface area contributed by atoms with Gasteiger partial charge in [-0.3, -0.25) is 4.21 Å². The van der Waals surface area contributed by atoms with Gasteiger partial charge in [-0.05, 0) is 31.2 Å². The molecule has 0 aliphatic carbocycles. The Hall–Kier alpha value is -1.37. The highest BCUT2D eigenvalue weighted by Gasteiger charge is 2.10. The Kier molecular flexibility index (Phi) is 5.03. The lowest BCUT2D eigenvalue weighted by atomic mass is 10.3. The van der Waals surface area contributed by atoms with E-state index in [4.69, 9.17) is 17.3 Å². The average Bonchev–Trinajstić information content (AvgIpc) is 2.76. The molecule has 0 saturated heterocycles. The Morgan fingerprint density at radius 3 is 2.71 bits per heavy atom. The van der Waals surface area contributed by atoms with Crippen molar-refractivity contribution in [3.05, 3.63) is 39.5 Å². The zero-order chi connectivity index (χ0) is 15.6. The van der Waals surface area contributed by atoms with Crippen LogP contribution in [0.3, 0.4) is 0 Å². The molecule has 21 heavy (non-hydrogen) atoms. The van der Waals surface area contributed by atoms with E-state index in [9.17, 15) is 4.21 Å². The molecule has 2 N–H and O–H groups in total. The second kappa shape index (κ2) is 6.60. The van der Waals surface area contributed by atoms with Crippen molar-refractivity contribution < 1.29 is 4.21 Å². The van der Waals surface area contributed by atoms with Crippen LogP contribution in [0.4, 0.5) is 11.4 Å². The monoisotopic (exact) mass is 341 g/mol. The highest BCUT2D eigenvalue weighted by molar-refractivity contribution is 7.84. The van der Waals surface area contributed by atoms with E-state index in [0.717, 1.165) is 15.5 Å². The third-order valence-corrected chi connectivity index (χ3v) is 5.08. The van der Waals surface area contributed by atoms with Crippen molar-refractivity contribution in [1.29, 1.82) is 0 Å². The van der Waals surface area contributed by atoms with Crippen LogP contribution in [0.1, 0.15) is 4.88 Å². The molecule has 1 aromatic heterocycles. The SMILES string of the molecule is Cc1cc(N=C(N)N(C)c2cccc(S(C)=O)c2)c(Cl)s1. The van der Waals surface area contributed by atoms with E-state index in [2.05, 4.69) is 4.99 Å². The van der Waals surface area contributed by atoms with Gasteiger partial charge in [0, 0.05) is 39.6 Å². The number of rotatable bonds is 3. The lowest BCUT2D eigenvalue weighted by Crippen LogP contribution is -2.33. The molecule has 2 aromatic rings. The van der Waals surface area contributed by atoms with E-state index in [1.54, 1.807) is 11.2 Å². The number of aryl methyl sites for hydroxylation is 1. The lowest BCUT2D eigenvalue weighted by molar-refractivity contribution is 0.687. The summed E-state index contributed by atoms with van der Waals surface area (Å²) in [6.07, 6.45) is 1.64. The van der Waals surface area contributed by atoms with Gasteiger partial charge in [0.1, 0.15) is 4.34 Å². The smallest absolute Gasteiger partial charge is 0.200 e. The maximum Gasteiger partial charge on any atom is 0.200 e. The molecule has 0 aliphatic heterocycles. The van der Waals surface area contributed by atoms with E-state index >= 15 is 0 Å². The first-order valence-electron chi connectivity index (χ1n) is 6.16. The number of hydrogen-bond acceptors (Lipinski definition) is 3. The van der Waals surface area contributed by atoms with Gasteiger partial charge < -0.3 is 10.6 Å². The average molecular weight is 342 g/mol. The van der Waals surface area contributed by atoms with Crippen molar-refractivity contribution in [2.24, 2.45) is 10.7 Å². The minimum Gasteiger partial charge on any atom is -0.369 e. The summed E-state index contributed by atoms with van der Waals surface area (Å²) in [5.74, 6) is 0.328. The van der Waals surface area contributed by atoms with E-state index in [-0.39, 0.29) is 0 Å². The molecular formula is C14H16ClN3OS2. The lowest BCUT2D eigenvalue weighted by Gasteiger charge is -2.18. The minimum atomic E-state index is -1.03. The Bertz CT molecular complexity index is 712. The number of guanidine groups is 1. The predicted molar refractivity (Wildman–Crippen MR) is 92.5 cm³/mol. The quantitative estimate of drug-likeness (QED) is 0.686. The molecule has 1 unspecified atom stereocenters. The van der Waals surface area contributed by atoms with Crippen LogP contribution in [0.15, 0.2) is 40.2 Å². The van der Waals surface area contributed by atoms with Crippen LogP contribution < -0.4 is 10.6 Å². The standard InChI is InChI=1S/C14H16ClN3OS2/c1-9-7-12(13(15)20-9)17-14(16)18(2)10-5-4-6-11(8-10)21(3)19/h4-8H,1-3H3,(H2,16,17). The molecule has 1 aromatic carbocycles. The maximum absolute atomic E-state index is 11.5. The Morgan fingerprint density at radius 2 is 2.14 bits per heavy atom. The molecule has 1 atom stereocenters.